The number of hydrogen-bond acceptors (Lipinski definition) is 3. The molecule has 17 heavy (non-hydrogen) atoms. The third-order valence-electron chi connectivity index (χ3n) is 2.79. The number of nitrogens with two attached hydrogens (primary N) is 1. The zero-order valence-corrected chi connectivity index (χ0v) is 10.9. The summed E-state index contributed by atoms with van der Waals surface area (Å²) < 4.78 is 0. The smallest absolute Gasteiger partial charge is 0.237 e. The summed E-state index contributed by atoms with van der Waals surface area (Å²) in [6, 6.07) is 3.05. The molecule has 1 aromatic heterocycles. The van der Waals surface area contributed by atoms with Gasteiger partial charge in [0.1, 0.15) is 0 Å². The predicted octanol–water partition coefficient (Wildman–Crippen LogP) is 1.72. The Morgan fingerprint density at radius 2 is 2.29 bits per heavy atom. The molecule has 0 aliphatic heterocycles. The Bertz CT molecular complexity index is 367. The van der Waals surface area contributed by atoms with Crippen LogP contribution in [0.1, 0.15) is 26.0 Å². The maximum Gasteiger partial charge on any atom is 0.237 e. The zero-order chi connectivity index (χ0) is 12.8. The summed E-state index contributed by atoms with van der Waals surface area (Å²) in [7, 11) is 0. The van der Waals surface area contributed by atoms with Crippen LogP contribution >= 0.6 is 11.6 Å². The van der Waals surface area contributed by atoms with Gasteiger partial charge in [0.2, 0.25) is 5.91 Å². The van der Waals surface area contributed by atoms with E-state index in [9.17, 15) is 4.79 Å². The molecule has 2 atom stereocenters. The Morgan fingerprint density at radius 3 is 2.82 bits per heavy atom. The van der Waals surface area contributed by atoms with Crippen molar-refractivity contribution in [1.29, 1.82) is 0 Å². The first-order chi connectivity index (χ1) is 8.04. The van der Waals surface area contributed by atoms with Crippen molar-refractivity contribution in [1.82, 2.24) is 10.3 Å². The Morgan fingerprint density at radius 1 is 1.59 bits per heavy atom. The van der Waals surface area contributed by atoms with E-state index < -0.39 is 6.04 Å². The molecule has 1 aromatic rings. The van der Waals surface area contributed by atoms with Crippen LogP contribution in [0.15, 0.2) is 18.3 Å². The lowest BCUT2D eigenvalue weighted by molar-refractivity contribution is -0.123. The number of aromatic nitrogens is 1. The van der Waals surface area contributed by atoms with Crippen LogP contribution in [0.4, 0.5) is 0 Å². The summed E-state index contributed by atoms with van der Waals surface area (Å²) in [5.74, 6) is 0.0317. The molecule has 3 N–H and O–H groups in total. The Kier molecular flexibility index (Phi) is 5.38. The first kappa shape index (κ1) is 13.9. The SMILES string of the molecule is CCC(C)C(N)C(=O)NCc1ccc(Cl)cn1. The van der Waals surface area contributed by atoms with Crippen molar-refractivity contribution in [2.75, 3.05) is 0 Å². The lowest BCUT2D eigenvalue weighted by Gasteiger charge is -2.17. The molecule has 0 aliphatic carbocycles. The second-order valence-corrected chi connectivity index (χ2v) is 4.53. The van der Waals surface area contributed by atoms with Crippen molar-refractivity contribution < 1.29 is 4.79 Å². The number of hydrogen-bond donors (Lipinski definition) is 2. The van der Waals surface area contributed by atoms with E-state index in [1.807, 2.05) is 13.8 Å². The molecule has 0 aliphatic rings. The van der Waals surface area contributed by atoms with Gasteiger partial charge in [-0.2, -0.15) is 0 Å². The van der Waals surface area contributed by atoms with Crippen molar-refractivity contribution in [2.24, 2.45) is 11.7 Å². The minimum Gasteiger partial charge on any atom is -0.349 e. The number of carbonyl (C=O) groups is 1. The van der Waals surface area contributed by atoms with Crippen LogP contribution in [0, 0.1) is 5.92 Å². The van der Waals surface area contributed by atoms with Crippen LogP contribution in [0.2, 0.25) is 5.02 Å². The molecule has 2 unspecified atom stereocenters. The maximum atomic E-state index is 11.7. The van der Waals surface area contributed by atoms with Crippen molar-refractivity contribution in [2.45, 2.75) is 32.9 Å². The largest absolute Gasteiger partial charge is 0.349 e. The topological polar surface area (TPSA) is 68.0 Å². The summed E-state index contributed by atoms with van der Waals surface area (Å²) in [6.07, 6.45) is 2.44. The van der Waals surface area contributed by atoms with Gasteiger partial charge in [0.15, 0.2) is 0 Å². The molecule has 0 saturated carbocycles. The highest BCUT2D eigenvalue weighted by Crippen LogP contribution is 2.07. The molecular formula is C12H18ClN3O. The van der Waals surface area contributed by atoms with Gasteiger partial charge < -0.3 is 11.1 Å². The van der Waals surface area contributed by atoms with Crippen LogP contribution in [0.5, 0.6) is 0 Å². The lowest BCUT2D eigenvalue weighted by Crippen LogP contribution is -2.44. The van der Waals surface area contributed by atoms with Crippen LogP contribution in [-0.4, -0.2) is 16.9 Å². The minimum absolute atomic E-state index is 0.142. The monoisotopic (exact) mass is 255 g/mol. The highest BCUT2D eigenvalue weighted by molar-refractivity contribution is 6.30. The highest BCUT2D eigenvalue weighted by Gasteiger charge is 2.18. The molecule has 1 rings (SSSR count). The lowest BCUT2D eigenvalue weighted by atomic mass is 9.99. The molecule has 4 nitrogen and oxygen atoms in total. The van der Waals surface area contributed by atoms with Crippen LogP contribution < -0.4 is 11.1 Å². The molecule has 0 saturated heterocycles. The Balaban J connectivity index is 2.45. The summed E-state index contributed by atoms with van der Waals surface area (Å²) in [4.78, 5) is 15.8. The van der Waals surface area contributed by atoms with Gasteiger partial charge >= 0.3 is 0 Å². The van der Waals surface area contributed by atoms with E-state index in [2.05, 4.69) is 10.3 Å². The molecule has 0 fully saturated rings. The highest BCUT2D eigenvalue weighted by atomic mass is 35.5. The van der Waals surface area contributed by atoms with E-state index in [1.165, 1.54) is 0 Å². The number of halogens is 1. The first-order valence-corrected chi connectivity index (χ1v) is 6.06. The number of carbonyl (C=O) groups excluding carboxylic acids is 1. The van der Waals surface area contributed by atoms with Gasteiger partial charge in [-0.05, 0) is 18.1 Å². The van der Waals surface area contributed by atoms with E-state index in [1.54, 1.807) is 18.3 Å². The molecule has 0 radical (unpaired) electrons. The molecule has 0 aromatic carbocycles. The van der Waals surface area contributed by atoms with Gasteiger partial charge in [-0.1, -0.05) is 31.9 Å². The second-order valence-electron chi connectivity index (χ2n) is 4.10. The maximum absolute atomic E-state index is 11.7. The van der Waals surface area contributed by atoms with E-state index in [4.69, 9.17) is 17.3 Å². The molecular weight excluding hydrogens is 238 g/mol. The fourth-order valence-corrected chi connectivity index (χ4v) is 1.43. The van der Waals surface area contributed by atoms with Crippen molar-refractivity contribution in [3.05, 3.63) is 29.0 Å². The van der Waals surface area contributed by atoms with Crippen LogP contribution in [0.25, 0.3) is 0 Å². The fraction of sp³-hybridized carbons (Fsp3) is 0.500. The quantitative estimate of drug-likeness (QED) is 0.842. The van der Waals surface area contributed by atoms with E-state index in [0.717, 1.165) is 12.1 Å². The Labute approximate surface area is 107 Å². The van der Waals surface area contributed by atoms with Gasteiger partial charge in [-0.15, -0.1) is 0 Å². The van der Waals surface area contributed by atoms with Gasteiger partial charge in [0.25, 0.3) is 0 Å². The van der Waals surface area contributed by atoms with Crippen molar-refractivity contribution in [3.8, 4) is 0 Å². The predicted molar refractivity (Wildman–Crippen MR) is 68.5 cm³/mol. The number of amides is 1. The molecule has 5 heteroatoms. The minimum atomic E-state index is -0.465. The number of rotatable bonds is 5. The average Bonchev–Trinajstić information content (AvgIpc) is 2.35. The van der Waals surface area contributed by atoms with Crippen LogP contribution in [0.3, 0.4) is 0 Å². The fourth-order valence-electron chi connectivity index (χ4n) is 1.32. The van der Waals surface area contributed by atoms with E-state index >= 15 is 0 Å². The summed E-state index contributed by atoms with van der Waals surface area (Å²) in [5.41, 5.74) is 6.57. The second kappa shape index (κ2) is 6.57. The molecule has 0 spiro atoms. The summed E-state index contributed by atoms with van der Waals surface area (Å²) in [6.45, 7) is 4.35. The summed E-state index contributed by atoms with van der Waals surface area (Å²) >= 11 is 5.72. The normalized spacial score (nSPS) is 14.1. The Hall–Kier alpha value is -1.13. The van der Waals surface area contributed by atoms with Gasteiger partial charge in [0.05, 0.1) is 23.3 Å². The summed E-state index contributed by atoms with van der Waals surface area (Å²) in [5, 5.41) is 3.34. The zero-order valence-electron chi connectivity index (χ0n) is 10.1. The van der Waals surface area contributed by atoms with E-state index in [0.29, 0.717) is 11.6 Å². The van der Waals surface area contributed by atoms with Gasteiger partial charge in [-0.3, -0.25) is 9.78 Å². The number of pyridine rings is 1. The molecule has 1 heterocycles. The third-order valence-corrected chi connectivity index (χ3v) is 3.02. The first-order valence-electron chi connectivity index (χ1n) is 5.68. The molecule has 94 valence electrons. The third kappa shape index (κ3) is 4.32. The van der Waals surface area contributed by atoms with Gasteiger partial charge in [0, 0.05) is 6.20 Å². The van der Waals surface area contributed by atoms with Gasteiger partial charge in [-0.25, -0.2) is 0 Å². The standard InChI is InChI=1S/C12H18ClN3O/c1-3-8(2)11(14)12(17)16-7-10-5-4-9(13)6-15-10/h4-6,8,11H,3,7,14H2,1-2H3,(H,16,17). The molecule has 1 amide bonds. The number of nitrogens with one attached hydrogen (secondary N) is 1. The van der Waals surface area contributed by atoms with E-state index in [-0.39, 0.29) is 11.8 Å². The average molecular weight is 256 g/mol. The van der Waals surface area contributed by atoms with Crippen molar-refractivity contribution in [3.63, 3.8) is 0 Å². The number of nitrogens with zero attached hydrogens (tertiary/aromatic N) is 1. The van der Waals surface area contributed by atoms with Crippen LogP contribution in [-0.2, 0) is 11.3 Å². The molecule has 0 bridgehead atoms. The van der Waals surface area contributed by atoms with Crippen molar-refractivity contribution >= 4 is 17.5 Å².